The van der Waals surface area contributed by atoms with Crippen LogP contribution in [0.5, 0.6) is 0 Å². The van der Waals surface area contributed by atoms with Crippen LogP contribution in [0.15, 0.2) is 71.6 Å². The number of ether oxygens (including phenoxy) is 1. The minimum Gasteiger partial charge on any atom is -0.443 e. The Morgan fingerprint density at radius 3 is 2.20 bits per heavy atom. The van der Waals surface area contributed by atoms with E-state index in [2.05, 4.69) is 4.72 Å². The van der Waals surface area contributed by atoms with Crippen molar-refractivity contribution in [2.45, 2.75) is 44.7 Å². The summed E-state index contributed by atoms with van der Waals surface area (Å²) in [7, 11) is -3.72. The van der Waals surface area contributed by atoms with Crippen LogP contribution in [0.1, 0.15) is 32.0 Å². The molecule has 3 rings (SSSR count). The van der Waals surface area contributed by atoms with Crippen molar-refractivity contribution in [1.29, 1.82) is 0 Å². The number of nitrogens with zero attached hydrogens (tertiary/aromatic N) is 1. The second kappa shape index (κ2) is 8.45. The van der Waals surface area contributed by atoms with Crippen molar-refractivity contribution in [1.82, 2.24) is 9.29 Å². The summed E-state index contributed by atoms with van der Waals surface area (Å²) in [4.78, 5) is 13.1. The van der Waals surface area contributed by atoms with E-state index in [0.717, 1.165) is 11.1 Å². The molecule has 0 fully saturated rings. The van der Waals surface area contributed by atoms with Gasteiger partial charge in [-0.1, -0.05) is 48.0 Å². The first kappa shape index (κ1) is 21.8. The monoisotopic (exact) mass is 426 g/mol. The van der Waals surface area contributed by atoms with E-state index in [4.69, 9.17) is 4.74 Å². The molecule has 1 aromatic heterocycles. The van der Waals surface area contributed by atoms with Crippen LogP contribution in [0.25, 0.3) is 11.3 Å². The molecule has 0 atom stereocenters. The summed E-state index contributed by atoms with van der Waals surface area (Å²) in [6.07, 6.45) is -0.559. The quantitative estimate of drug-likeness (QED) is 0.640. The Bertz CT molecular complexity index is 1130. The Labute approximate surface area is 177 Å². The van der Waals surface area contributed by atoms with Gasteiger partial charge in [0.2, 0.25) is 10.0 Å². The van der Waals surface area contributed by atoms with Crippen LogP contribution in [0.3, 0.4) is 0 Å². The Balaban J connectivity index is 1.93. The van der Waals surface area contributed by atoms with Crippen LogP contribution < -0.4 is 4.72 Å². The molecule has 0 saturated heterocycles. The third kappa shape index (κ3) is 5.17. The van der Waals surface area contributed by atoms with Crippen LogP contribution in [-0.4, -0.2) is 24.7 Å². The standard InChI is InChI=1S/C23H26N2O4S/c1-17-10-13-20(14-11-17)30(27,28)24-16-19-12-15-21(18-8-6-5-7-9-18)25(19)22(26)29-23(2,3)4/h5-15,24H,16H2,1-4H3. The summed E-state index contributed by atoms with van der Waals surface area (Å²) in [5, 5.41) is 0. The van der Waals surface area contributed by atoms with Crippen LogP contribution in [0, 0.1) is 6.92 Å². The average Bonchev–Trinajstić information content (AvgIpc) is 3.10. The zero-order chi connectivity index (χ0) is 21.9. The maximum atomic E-state index is 12.9. The lowest BCUT2D eigenvalue weighted by Gasteiger charge is -2.22. The van der Waals surface area contributed by atoms with Crippen molar-refractivity contribution in [3.63, 3.8) is 0 Å². The molecule has 0 amide bonds. The van der Waals surface area contributed by atoms with Gasteiger partial charge < -0.3 is 4.74 Å². The van der Waals surface area contributed by atoms with E-state index < -0.39 is 21.7 Å². The van der Waals surface area contributed by atoms with Gasteiger partial charge in [-0.25, -0.2) is 22.5 Å². The van der Waals surface area contributed by atoms with Crippen molar-refractivity contribution in [3.8, 4) is 11.3 Å². The van der Waals surface area contributed by atoms with Crippen LogP contribution >= 0.6 is 0 Å². The van der Waals surface area contributed by atoms with Gasteiger partial charge in [0.05, 0.1) is 17.1 Å². The molecule has 0 unspecified atom stereocenters. The molecule has 7 heteroatoms. The minimum atomic E-state index is -3.72. The fourth-order valence-electron chi connectivity index (χ4n) is 2.94. The first-order valence-corrected chi connectivity index (χ1v) is 11.1. The molecule has 0 radical (unpaired) electrons. The Morgan fingerprint density at radius 1 is 0.967 bits per heavy atom. The molecule has 0 aliphatic rings. The zero-order valence-corrected chi connectivity index (χ0v) is 18.4. The van der Waals surface area contributed by atoms with Crippen molar-refractivity contribution in [2.24, 2.45) is 0 Å². The van der Waals surface area contributed by atoms with Gasteiger partial charge in [-0.2, -0.15) is 0 Å². The van der Waals surface area contributed by atoms with Crippen molar-refractivity contribution in [2.75, 3.05) is 0 Å². The average molecular weight is 427 g/mol. The van der Waals surface area contributed by atoms with Gasteiger partial charge in [0, 0.05) is 5.69 Å². The van der Waals surface area contributed by atoms with E-state index in [1.165, 1.54) is 4.57 Å². The van der Waals surface area contributed by atoms with E-state index in [1.54, 1.807) is 57.2 Å². The second-order valence-electron chi connectivity index (χ2n) is 8.03. The SMILES string of the molecule is Cc1ccc(S(=O)(=O)NCc2ccc(-c3ccccc3)n2C(=O)OC(C)(C)C)cc1. The Hall–Kier alpha value is -2.90. The number of carbonyl (C=O) groups excluding carboxylic acids is 1. The molecular weight excluding hydrogens is 400 g/mol. The molecule has 30 heavy (non-hydrogen) atoms. The summed E-state index contributed by atoms with van der Waals surface area (Å²) in [5.74, 6) is 0. The maximum absolute atomic E-state index is 12.9. The predicted octanol–water partition coefficient (Wildman–Crippen LogP) is 4.73. The summed E-state index contributed by atoms with van der Waals surface area (Å²) in [6.45, 7) is 7.20. The van der Waals surface area contributed by atoms with Crippen LogP contribution in [0.4, 0.5) is 4.79 Å². The van der Waals surface area contributed by atoms with Gasteiger partial charge in [-0.15, -0.1) is 0 Å². The van der Waals surface area contributed by atoms with E-state index in [1.807, 2.05) is 37.3 Å². The normalized spacial score (nSPS) is 12.0. The van der Waals surface area contributed by atoms with Crippen LogP contribution in [-0.2, 0) is 21.3 Å². The third-order valence-electron chi connectivity index (χ3n) is 4.38. The van der Waals surface area contributed by atoms with Crippen LogP contribution in [0.2, 0.25) is 0 Å². The fourth-order valence-corrected chi connectivity index (χ4v) is 3.94. The van der Waals surface area contributed by atoms with E-state index in [-0.39, 0.29) is 11.4 Å². The fraction of sp³-hybridized carbons (Fsp3) is 0.261. The maximum Gasteiger partial charge on any atom is 0.419 e. The highest BCUT2D eigenvalue weighted by Crippen LogP contribution is 2.24. The molecule has 3 aromatic rings. The number of sulfonamides is 1. The van der Waals surface area contributed by atoms with Crippen molar-refractivity contribution in [3.05, 3.63) is 78.0 Å². The summed E-state index contributed by atoms with van der Waals surface area (Å²) >= 11 is 0. The lowest BCUT2D eigenvalue weighted by molar-refractivity contribution is 0.0535. The number of aromatic nitrogens is 1. The highest BCUT2D eigenvalue weighted by Gasteiger charge is 2.24. The molecule has 0 saturated carbocycles. The number of benzene rings is 2. The molecule has 0 spiro atoms. The Kier molecular flexibility index (Phi) is 6.14. The van der Waals surface area contributed by atoms with E-state index >= 15 is 0 Å². The second-order valence-corrected chi connectivity index (χ2v) is 9.80. The van der Waals surface area contributed by atoms with Crippen molar-refractivity contribution >= 4 is 16.1 Å². The van der Waals surface area contributed by atoms with Crippen molar-refractivity contribution < 1.29 is 17.9 Å². The van der Waals surface area contributed by atoms with Gasteiger partial charge in [-0.3, -0.25) is 0 Å². The molecular formula is C23H26N2O4S. The van der Waals surface area contributed by atoms with E-state index in [0.29, 0.717) is 11.4 Å². The minimum absolute atomic E-state index is 0.0533. The smallest absolute Gasteiger partial charge is 0.419 e. The number of nitrogens with one attached hydrogen (secondary N) is 1. The highest BCUT2D eigenvalue weighted by atomic mass is 32.2. The number of hydrogen-bond donors (Lipinski definition) is 1. The topological polar surface area (TPSA) is 77.4 Å². The number of hydrogen-bond acceptors (Lipinski definition) is 4. The zero-order valence-electron chi connectivity index (χ0n) is 17.5. The molecule has 1 N–H and O–H groups in total. The van der Waals surface area contributed by atoms with Gasteiger partial charge >= 0.3 is 6.09 Å². The molecule has 0 aliphatic carbocycles. The largest absolute Gasteiger partial charge is 0.443 e. The molecule has 158 valence electrons. The first-order valence-electron chi connectivity index (χ1n) is 9.62. The van der Waals surface area contributed by atoms with Gasteiger partial charge in [0.25, 0.3) is 0 Å². The van der Waals surface area contributed by atoms with Gasteiger partial charge in [0.1, 0.15) is 5.60 Å². The molecule has 2 aromatic carbocycles. The lowest BCUT2D eigenvalue weighted by Crippen LogP contribution is -2.30. The van der Waals surface area contributed by atoms with E-state index in [9.17, 15) is 13.2 Å². The number of aryl methyl sites for hydroxylation is 1. The molecule has 6 nitrogen and oxygen atoms in total. The molecule has 0 bridgehead atoms. The third-order valence-corrected chi connectivity index (χ3v) is 5.80. The Morgan fingerprint density at radius 2 is 1.60 bits per heavy atom. The summed E-state index contributed by atoms with van der Waals surface area (Å²) in [6, 6.07) is 19.5. The summed E-state index contributed by atoms with van der Waals surface area (Å²) in [5.41, 5.74) is 2.23. The first-order chi connectivity index (χ1) is 14.1. The lowest BCUT2D eigenvalue weighted by atomic mass is 10.1. The number of rotatable bonds is 5. The highest BCUT2D eigenvalue weighted by molar-refractivity contribution is 7.89. The molecule has 0 aliphatic heterocycles. The summed E-state index contributed by atoms with van der Waals surface area (Å²) < 4.78 is 34.9. The molecule has 1 heterocycles. The predicted molar refractivity (Wildman–Crippen MR) is 117 cm³/mol. The van der Waals surface area contributed by atoms with Gasteiger partial charge in [-0.05, 0) is 57.5 Å². The van der Waals surface area contributed by atoms with Gasteiger partial charge in [0.15, 0.2) is 0 Å². The number of carbonyl (C=O) groups is 1.